The van der Waals surface area contributed by atoms with Crippen LogP contribution in [0.25, 0.3) is 0 Å². The molecule has 0 unspecified atom stereocenters. The highest BCUT2D eigenvalue weighted by Crippen LogP contribution is 2.17. The third-order valence-corrected chi connectivity index (χ3v) is 3.40. The van der Waals surface area contributed by atoms with Crippen LogP contribution in [0.5, 0.6) is 0 Å². The van der Waals surface area contributed by atoms with Crippen molar-refractivity contribution in [2.45, 2.75) is 44.3 Å². The lowest BCUT2D eigenvalue weighted by Gasteiger charge is -2.29. The van der Waals surface area contributed by atoms with Gasteiger partial charge in [0.15, 0.2) is 0 Å². The van der Waals surface area contributed by atoms with Gasteiger partial charge in [-0.3, -0.25) is 0 Å². The Labute approximate surface area is 101 Å². The fourth-order valence-corrected chi connectivity index (χ4v) is 2.28. The van der Waals surface area contributed by atoms with Crippen molar-refractivity contribution < 1.29 is 0 Å². The summed E-state index contributed by atoms with van der Waals surface area (Å²) in [5.41, 5.74) is 7.22. The molecule has 3 N–H and O–H groups in total. The second kappa shape index (κ2) is 5.62. The number of halogens is 1. The van der Waals surface area contributed by atoms with E-state index in [9.17, 15) is 0 Å². The summed E-state index contributed by atoms with van der Waals surface area (Å²) in [7, 11) is 0. The average Bonchev–Trinajstić information content (AvgIpc) is 2.30. The molecular formula is C12H18ClN3. The molecular weight excluding hydrogens is 222 g/mol. The Bertz CT molecular complexity index is 326. The largest absolute Gasteiger partial charge is 0.326 e. The molecule has 2 rings (SSSR count). The molecule has 0 bridgehead atoms. The van der Waals surface area contributed by atoms with Crippen molar-refractivity contribution in [3.63, 3.8) is 0 Å². The van der Waals surface area contributed by atoms with E-state index >= 15 is 0 Å². The lowest BCUT2D eigenvalue weighted by molar-refractivity contribution is 0.326. The van der Waals surface area contributed by atoms with Gasteiger partial charge in [-0.15, -0.1) is 0 Å². The molecule has 16 heavy (non-hydrogen) atoms. The lowest BCUT2D eigenvalue weighted by Crippen LogP contribution is -2.46. The third-order valence-electron chi connectivity index (χ3n) is 3.18. The standard InChI is InChI=1S/C12H18ClN3/c13-12-6-5-9(8-16-12)7-15-11-4-2-1-3-10(11)14/h5-6,8,10-11,15H,1-4,7,14H2/t10-,11-/m1/s1. The van der Waals surface area contributed by atoms with Gasteiger partial charge in [-0.25, -0.2) is 4.98 Å². The van der Waals surface area contributed by atoms with Gasteiger partial charge in [-0.05, 0) is 24.5 Å². The van der Waals surface area contributed by atoms with Crippen LogP contribution in [-0.4, -0.2) is 17.1 Å². The highest BCUT2D eigenvalue weighted by molar-refractivity contribution is 6.29. The molecule has 2 atom stereocenters. The topological polar surface area (TPSA) is 50.9 Å². The van der Waals surface area contributed by atoms with Crippen molar-refractivity contribution in [3.05, 3.63) is 29.0 Å². The van der Waals surface area contributed by atoms with Crippen LogP contribution < -0.4 is 11.1 Å². The van der Waals surface area contributed by atoms with E-state index in [1.807, 2.05) is 18.3 Å². The Morgan fingerprint density at radius 2 is 2.19 bits per heavy atom. The molecule has 1 aliphatic carbocycles. The molecule has 0 saturated heterocycles. The molecule has 0 amide bonds. The number of hydrogen-bond donors (Lipinski definition) is 2. The number of pyridine rings is 1. The first-order chi connectivity index (χ1) is 7.75. The number of nitrogens with zero attached hydrogens (tertiary/aromatic N) is 1. The number of aromatic nitrogens is 1. The minimum absolute atomic E-state index is 0.300. The summed E-state index contributed by atoms with van der Waals surface area (Å²) >= 11 is 5.73. The van der Waals surface area contributed by atoms with Crippen molar-refractivity contribution in [2.24, 2.45) is 5.73 Å². The van der Waals surface area contributed by atoms with E-state index in [-0.39, 0.29) is 0 Å². The Kier molecular flexibility index (Phi) is 4.16. The summed E-state index contributed by atoms with van der Waals surface area (Å²) in [6, 6.07) is 4.56. The number of nitrogens with two attached hydrogens (primary N) is 1. The molecule has 1 aromatic rings. The molecule has 0 spiro atoms. The molecule has 1 heterocycles. The zero-order chi connectivity index (χ0) is 11.4. The van der Waals surface area contributed by atoms with E-state index in [4.69, 9.17) is 17.3 Å². The smallest absolute Gasteiger partial charge is 0.129 e. The second-order valence-electron chi connectivity index (χ2n) is 4.42. The average molecular weight is 240 g/mol. The Hall–Kier alpha value is -0.640. The van der Waals surface area contributed by atoms with Crippen molar-refractivity contribution in [1.29, 1.82) is 0 Å². The van der Waals surface area contributed by atoms with Crippen molar-refractivity contribution >= 4 is 11.6 Å². The minimum atomic E-state index is 0.300. The molecule has 1 saturated carbocycles. The maximum atomic E-state index is 6.07. The second-order valence-corrected chi connectivity index (χ2v) is 4.81. The zero-order valence-electron chi connectivity index (χ0n) is 9.32. The van der Waals surface area contributed by atoms with Crippen molar-refractivity contribution in [2.75, 3.05) is 0 Å². The molecule has 1 aliphatic rings. The third kappa shape index (κ3) is 3.17. The summed E-state index contributed by atoms with van der Waals surface area (Å²) in [6.07, 6.45) is 6.68. The maximum absolute atomic E-state index is 6.07. The molecule has 0 radical (unpaired) electrons. The van der Waals surface area contributed by atoms with E-state index in [0.717, 1.165) is 18.5 Å². The molecule has 88 valence electrons. The van der Waals surface area contributed by atoms with E-state index in [2.05, 4.69) is 10.3 Å². The number of rotatable bonds is 3. The van der Waals surface area contributed by atoms with Crippen LogP contribution in [0.15, 0.2) is 18.3 Å². The van der Waals surface area contributed by atoms with E-state index < -0.39 is 0 Å². The normalized spacial score (nSPS) is 25.6. The van der Waals surface area contributed by atoms with Crippen LogP contribution in [0.1, 0.15) is 31.2 Å². The van der Waals surface area contributed by atoms with Gasteiger partial charge in [-0.2, -0.15) is 0 Å². The van der Waals surface area contributed by atoms with Crippen LogP contribution in [0, 0.1) is 0 Å². The first-order valence-electron chi connectivity index (χ1n) is 5.85. The summed E-state index contributed by atoms with van der Waals surface area (Å²) in [5.74, 6) is 0. The molecule has 0 aliphatic heterocycles. The number of nitrogens with one attached hydrogen (secondary N) is 1. The fraction of sp³-hybridized carbons (Fsp3) is 0.583. The van der Waals surface area contributed by atoms with Gasteiger partial charge in [0, 0.05) is 24.8 Å². The van der Waals surface area contributed by atoms with Crippen LogP contribution in [0.3, 0.4) is 0 Å². The molecule has 1 fully saturated rings. The van der Waals surface area contributed by atoms with Crippen LogP contribution in [0.4, 0.5) is 0 Å². The quantitative estimate of drug-likeness (QED) is 0.795. The summed E-state index contributed by atoms with van der Waals surface area (Å²) in [4.78, 5) is 4.06. The van der Waals surface area contributed by atoms with Gasteiger partial charge >= 0.3 is 0 Å². The van der Waals surface area contributed by atoms with Gasteiger partial charge in [-0.1, -0.05) is 30.5 Å². The van der Waals surface area contributed by atoms with Crippen LogP contribution >= 0.6 is 11.6 Å². The van der Waals surface area contributed by atoms with Crippen molar-refractivity contribution in [1.82, 2.24) is 10.3 Å². The zero-order valence-corrected chi connectivity index (χ0v) is 10.1. The predicted molar refractivity (Wildman–Crippen MR) is 66.3 cm³/mol. The Morgan fingerprint density at radius 1 is 1.38 bits per heavy atom. The number of hydrogen-bond acceptors (Lipinski definition) is 3. The summed E-state index contributed by atoms with van der Waals surface area (Å²) in [6.45, 7) is 0.822. The molecule has 4 heteroatoms. The SMILES string of the molecule is N[C@@H]1CCCC[C@H]1NCc1ccc(Cl)nc1. The van der Waals surface area contributed by atoms with Crippen LogP contribution in [-0.2, 0) is 6.54 Å². The first-order valence-corrected chi connectivity index (χ1v) is 6.23. The van der Waals surface area contributed by atoms with Crippen molar-refractivity contribution in [3.8, 4) is 0 Å². The molecule has 0 aromatic carbocycles. The van der Waals surface area contributed by atoms with Gasteiger partial charge < -0.3 is 11.1 Å². The highest BCUT2D eigenvalue weighted by Gasteiger charge is 2.20. The lowest BCUT2D eigenvalue weighted by atomic mass is 9.91. The molecule has 1 aromatic heterocycles. The minimum Gasteiger partial charge on any atom is -0.326 e. The predicted octanol–water partition coefficient (Wildman–Crippen LogP) is 2.09. The van der Waals surface area contributed by atoms with Gasteiger partial charge in [0.2, 0.25) is 0 Å². The monoisotopic (exact) mass is 239 g/mol. The Balaban J connectivity index is 1.84. The van der Waals surface area contributed by atoms with Crippen LogP contribution in [0.2, 0.25) is 5.15 Å². The molecule has 3 nitrogen and oxygen atoms in total. The fourth-order valence-electron chi connectivity index (χ4n) is 2.17. The Morgan fingerprint density at radius 3 is 2.88 bits per heavy atom. The maximum Gasteiger partial charge on any atom is 0.129 e. The van der Waals surface area contributed by atoms with E-state index in [0.29, 0.717) is 17.2 Å². The van der Waals surface area contributed by atoms with E-state index in [1.54, 1.807) is 0 Å². The summed E-state index contributed by atoms with van der Waals surface area (Å²) < 4.78 is 0. The van der Waals surface area contributed by atoms with Gasteiger partial charge in [0.05, 0.1) is 0 Å². The highest BCUT2D eigenvalue weighted by atomic mass is 35.5. The van der Waals surface area contributed by atoms with Gasteiger partial charge in [0.25, 0.3) is 0 Å². The van der Waals surface area contributed by atoms with Gasteiger partial charge in [0.1, 0.15) is 5.15 Å². The first kappa shape index (κ1) is 11.8. The summed E-state index contributed by atoms with van der Waals surface area (Å²) in [5, 5.41) is 4.04. The van der Waals surface area contributed by atoms with E-state index in [1.165, 1.54) is 19.3 Å².